The molecule has 102 valence electrons. The molecule has 0 aliphatic heterocycles. The minimum absolute atomic E-state index is 0.0114. The molecule has 0 heterocycles. The largest absolute Gasteiger partial charge is 0.399 e. The number of benzene rings is 2. The van der Waals surface area contributed by atoms with Crippen LogP contribution in [0.5, 0.6) is 0 Å². The molecule has 0 aliphatic carbocycles. The molecule has 0 saturated heterocycles. The Labute approximate surface area is 125 Å². The lowest BCUT2D eigenvalue weighted by molar-refractivity contribution is 0.101. The van der Waals surface area contributed by atoms with Crippen LogP contribution in [-0.4, -0.2) is 11.7 Å². The SMILES string of the molecule is CC(=O)c1ccc(NC(=O)c2cc(N)cc(Br)c2)cc1. The molecular weight excluding hydrogens is 320 g/mol. The molecule has 3 N–H and O–H groups in total. The van der Waals surface area contributed by atoms with E-state index in [2.05, 4.69) is 21.2 Å². The Hall–Kier alpha value is -2.14. The van der Waals surface area contributed by atoms with Gasteiger partial charge in [-0.05, 0) is 49.4 Å². The van der Waals surface area contributed by atoms with Crippen LogP contribution in [0.15, 0.2) is 46.9 Å². The van der Waals surface area contributed by atoms with Crippen molar-refractivity contribution >= 4 is 39.0 Å². The topological polar surface area (TPSA) is 72.2 Å². The van der Waals surface area contributed by atoms with Crippen LogP contribution in [0.2, 0.25) is 0 Å². The van der Waals surface area contributed by atoms with E-state index >= 15 is 0 Å². The van der Waals surface area contributed by atoms with E-state index in [9.17, 15) is 9.59 Å². The molecule has 0 unspecified atom stereocenters. The minimum atomic E-state index is -0.256. The Kier molecular flexibility index (Phi) is 4.20. The summed E-state index contributed by atoms with van der Waals surface area (Å²) in [5.41, 5.74) is 7.90. The number of nitrogen functional groups attached to an aromatic ring is 1. The van der Waals surface area contributed by atoms with Gasteiger partial charge in [-0.1, -0.05) is 15.9 Å². The van der Waals surface area contributed by atoms with Crippen molar-refractivity contribution < 1.29 is 9.59 Å². The first-order valence-electron chi connectivity index (χ1n) is 5.94. The van der Waals surface area contributed by atoms with Crippen molar-refractivity contribution in [2.24, 2.45) is 0 Å². The Morgan fingerprint density at radius 1 is 1.05 bits per heavy atom. The highest BCUT2D eigenvalue weighted by Gasteiger charge is 2.08. The van der Waals surface area contributed by atoms with Gasteiger partial charge in [0.2, 0.25) is 0 Å². The Balaban J connectivity index is 2.16. The number of hydrogen-bond acceptors (Lipinski definition) is 3. The van der Waals surface area contributed by atoms with Gasteiger partial charge in [0.25, 0.3) is 5.91 Å². The third kappa shape index (κ3) is 3.45. The van der Waals surface area contributed by atoms with E-state index < -0.39 is 0 Å². The number of hydrogen-bond donors (Lipinski definition) is 2. The van der Waals surface area contributed by atoms with Gasteiger partial charge >= 0.3 is 0 Å². The van der Waals surface area contributed by atoms with Crippen molar-refractivity contribution in [3.63, 3.8) is 0 Å². The summed E-state index contributed by atoms with van der Waals surface area (Å²) in [4.78, 5) is 23.3. The summed E-state index contributed by atoms with van der Waals surface area (Å²) in [5, 5.41) is 2.75. The number of halogens is 1. The van der Waals surface area contributed by atoms with E-state index in [0.29, 0.717) is 22.5 Å². The summed E-state index contributed by atoms with van der Waals surface area (Å²) in [6.45, 7) is 1.50. The first kappa shape index (κ1) is 14.3. The van der Waals surface area contributed by atoms with Crippen LogP contribution >= 0.6 is 15.9 Å². The average Bonchev–Trinajstić information content (AvgIpc) is 2.38. The molecule has 4 nitrogen and oxygen atoms in total. The van der Waals surface area contributed by atoms with Gasteiger partial charge in [0, 0.05) is 27.0 Å². The molecule has 5 heteroatoms. The lowest BCUT2D eigenvalue weighted by atomic mass is 10.1. The minimum Gasteiger partial charge on any atom is -0.399 e. The number of carbonyl (C=O) groups excluding carboxylic acids is 2. The van der Waals surface area contributed by atoms with Crippen LogP contribution < -0.4 is 11.1 Å². The number of rotatable bonds is 3. The molecule has 2 aromatic carbocycles. The highest BCUT2D eigenvalue weighted by molar-refractivity contribution is 9.10. The monoisotopic (exact) mass is 332 g/mol. The van der Waals surface area contributed by atoms with E-state index in [0.717, 1.165) is 4.47 Å². The molecule has 0 aliphatic rings. The molecule has 0 aromatic heterocycles. The highest BCUT2D eigenvalue weighted by atomic mass is 79.9. The van der Waals surface area contributed by atoms with Crippen molar-refractivity contribution in [1.82, 2.24) is 0 Å². The maximum atomic E-state index is 12.1. The molecule has 0 saturated carbocycles. The smallest absolute Gasteiger partial charge is 0.255 e. The predicted octanol–water partition coefficient (Wildman–Crippen LogP) is 3.49. The zero-order chi connectivity index (χ0) is 14.7. The highest BCUT2D eigenvalue weighted by Crippen LogP contribution is 2.19. The van der Waals surface area contributed by atoms with Crippen molar-refractivity contribution in [3.8, 4) is 0 Å². The molecule has 2 rings (SSSR count). The Morgan fingerprint density at radius 2 is 1.70 bits per heavy atom. The first-order chi connectivity index (χ1) is 9.45. The van der Waals surface area contributed by atoms with Gasteiger partial charge in [-0.3, -0.25) is 9.59 Å². The van der Waals surface area contributed by atoms with Crippen LogP contribution in [0.4, 0.5) is 11.4 Å². The lowest BCUT2D eigenvalue weighted by Gasteiger charge is -2.07. The second-order valence-corrected chi connectivity index (χ2v) is 5.28. The van der Waals surface area contributed by atoms with Gasteiger partial charge in [-0.25, -0.2) is 0 Å². The maximum absolute atomic E-state index is 12.1. The fourth-order valence-electron chi connectivity index (χ4n) is 1.73. The van der Waals surface area contributed by atoms with E-state index in [4.69, 9.17) is 5.73 Å². The number of nitrogens with two attached hydrogens (primary N) is 1. The van der Waals surface area contributed by atoms with Gasteiger partial charge in [-0.2, -0.15) is 0 Å². The fourth-order valence-corrected chi connectivity index (χ4v) is 2.25. The summed E-state index contributed by atoms with van der Waals surface area (Å²) in [6.07, 6.45) is 0. The molecule has 0 spiro atoms. The molecule has 0 atom stereocenters. The molecule has 20 heavy (non-hydrogen) atoms. The second kappa shape index (κ2) is 5.88. The number of Topliss-reactive ketones (excluding diaryl/α,β-unsaturated/α-hetero) is 1. The summed E-state index contributed by atoms with van der Waals surface area (Å²) in [5.74, 6) is -0.267. The standard InChI is InChI=1S/C15H13BrN2O2/c1-9(19)10-2-4-14(5-3-10)18-15(20)11-6-12(16)8-13(17)7-11/h2-8H,17H2,1H3,(H,18,20). The summed E-state index contributed by atoms with van der Waals surface area (Å²) >= 11 is 3.29. The zero-order valence-corrected chi connectivity index (χ0v) is 12.4. The van der Waals surface area contributed by atoms with Crippen LogP contribution in [0, 0.1) is 0 Å². The van der Waals surface area contributed by atoms with Crippen molar-refractivity contribution in [2.45, 2.75) is 6.92 Å². The Bertz CT molecular complexity index is 646. The van der Waals surface area contributed by atoms with Crippen molar-refractivity contribution in [3.05, 3.63) is 58.1 Å². The number of amides is 1. The summed E-state index contributed by atoms with van der Waals surface area (Å²) in [7, 11) is 0. The van der Waals surface area contributed by atoms with Crippen LogP contribution in [0.25, 0.3) is 0 Å². The van der Waals surface area contributed by atoms with E-state index in [-0.39, 0.29) is 11.7 Å². The maximum Gasteiger partial charge on any atom is 0.255 e. The quantitative estimate of drug-likeness (QED) is 0.667. The predicted molar refractivity (Wildman–Crippen MR) is 83.0 cm³/mol. The van der Waals surface area contributed by atoms with Crippen molar-refractivity contribution in [2.75, 3.05) is 11.1 Å². The van der Waals surface area contributed by atoms with Gasteiger partial charge in [-0.15, -0.1) is 0 Å². The summed E-state index contributed by atoms with van der Waals surface area (Å²) in [6, 6.07) is 11.7. The number of carbonyl (C=O) groups is 2. The third-order valence-electron chi connectivity index (χ3n) is 2.73. The number of nitrogens with one attached hydrogen (secondary N) is 1. The normalized spacial score (nSPS) is 10.1. The molecular formula is C15H13BrN2O2. The lowest BCUT2D eigenvalue weighted by Crippen LogP contribution is -2.12. The molecule has 1 amide bonds. The molecule has 2 aromatic rings. The van der Waals surface area contributed by atoms with Crippen LogP contribution in [0.1, 0.15) is 27.6 Å². The van der Waals surface area contributed by atoms with Crippen LogP contribution in [0.3, 0.4) is 0 Å². The van der Waals surface area contributed by atoms with E-state index in [1.165, 1.54) is 6.92 Å². The second-order valence-electron chi connectivity index (χ2n) is 4.36. The number of anilines is 2. The fraction of sp³-hybridized carbons (Fsp3) is 0.0667. The van der Waals surface area contributed by atoms with Crippen LogP contribution in [-0.2, 0) is 0 Å². The third-order valence-corrected chi connectivity index (χ3v) is 3.19. The molecule has 0 fully saturated rings. The van der Waals surface area contributed by atoms with Gasteiger partial charge in [0.1, 0.15) is 0 Å². The van der Waals surface area contributed by atoms with Crippen molar-refractivity contribution in [1.29, 1.82) is 0 Å². The first-order valence-corrected chi connectivity index (χ1v) is 6.73. The van der Waals surface area contributed by atoms with Gasteiger partial charge in [0.15, 0.2) is 5.78 Å². The molecule has 0 bridgehead atoms. The average molecular weight is 333 g/mol. The number of ketones is 1. The summed E-state index contributed by atoms with van der Waals surface area (Å²) < 4.78 is 0.745. The van der Waals surface area contributed by atoms with Gasteiger partial charge in [0.05, 0.1) is 0 Å². The Morgan fingerprint density at radius 3 is 2.25 bits per heavy atom. The zero-order valence-electron chi connectivity index (χ0n) is 10.8. The van der Waals surface area contributed by atoms with E-state index in [1.54, 1.807) is 42.5 Å². The van der Waals surface area contributed by atoms with E-state index in [1.807, 2.05) is 0 Å². The molecule has 0 radical (unpaired) electrons. The van der Waals surface area contributed by atoms with Gasteiger partial charge < -0.3 is 11.1 Å².